The zero-order chi connectivity index (χ0) is 18.1. The highest BCUT2D eigenvalue weighted by molar-refractivity contribution is 7.13. The van der Waals surface area contributed by atoms with E-state index in [0.29, 0.717) is 26.2 Å². The van der Waals surface area contributed by atoms with Crippen LogP contribution in [0.5, 0.6) is 5.75 Å². The Morgan fingerprint density at radius 3 is 2.72 bits per heavy atom. The first kappa shape index (κ1) is 19.4. The van der Waals surface area contributed by atoms with Crippen molar-refractivity contribution in [2.75, 3.05) is 41.0 Å². The molecule has 0 fully saturated rings. The number of likely N-dealkylation sites (N-methyl/N-ethyl adjacent to an activating group) is 1. The number of amides is 1. The summed E-state index contributed by atoms with van der Waals surface area (Å²) in [5.41, 5.74) is 2.03. The molecule has 1 heterocycles. The van der Waals surface area contributed by atoms with Crippen LogP contribution < -0.4 is 10.1 Å². The van der Waals surface area contributed by atoms with Gasteiger partial charge in [-0.3, -0.25) is 9.69 Å². The number of hydrogen-bond donors (Lipinski definition) is 1. The first-order chi connectivity index (χ1) is 12.1. The highest BCUT2D eigenvalue weighted by Gasteiger charge is 2.10. The Labute approximate surface area is 152 Å². The molecule has 0 saturated heterocycles. The quantitative estimate of drug-likeness (QED) is 0.657. The van der Waals surface area contributed by atoms with Crippen molar-refractivity contribution in [2.45, 2.75) is 13.0 Å². The standard InChI is InChI=1S/C18H25N3O3S/c1-21(12-17(22)19-9-4-10-23-2)11-15-13-25-18(20-15)14-5-7-16(24-3)8-6-14/h5-8,13H,4,9-12H2,1-3H3,(H,19,22). The van der Waals surface area contributed by atoms with Gasteiger partial charge in [-0.1, -0.05) is 0 Å². The number of nitrogens with one attached hydrogen (secondary N) is 1. The van der Waals surface area contributed by atoms with Gasteiger partial charge in [0.15, 0.2) is 0 Å². The van der Waals surface area contributed by atoms with Gasteiger partial charge in [-0.25, -0.2) is 4.98 Å². The van der Waals surface area contributed by atoms with Crippen molar-refractivity contribution in [3.8, 4) is 16.3 Å². The zero-order valence-electron chi connectivity index (χ0n) is 14.9. The number of thiazole rings is 1. The van der Waals surface area contributed by atoms with Crippen LogP contribution in [-0.2, 0) is 16.1 Å². The zero-order valence-corrected chi connectivity index (χ0v) is 15.8. The number of aromatic nitrogens is 1. The third-order valence-electron chi connectivity index (χ3n) is 3.58. The summed E-state index contributed by atoms with van der Waals surface area (Å²) in [5, 5.41) is 5.89. The summed E-state index contributed by atoms with van der Waals surface area (Å²) in [6, 6.07) is 7.85. The van der Waals surface area contributed by atoms with Crippen LogP contribution in [0.15, 0.2) is 29.6 Å². The molecule has 1 amide bonds. The van der Waals surface area contributed by atoms with Gasteiger partial charge >= 0.3 is 0 Å². The second-order valence-corrected chi connectivity index (χ2v) is 6.60. The van der Waals surface area contributed by atoms with Crippen LogP contribution in [0.4, 0.5) is 0 Å². The molecule has 0 spiro atoms. The minimum Gasteiger partial charge on any atom is -0.497 e. The third-order valence-corrected chi connectivity index (χ3v) is 4.52. The topological polar surface area (TPSA) is 63.7 Å². The predicted octanol–water partition coefficient (Wildman–Crippen LogP) is 2.40. The number of carbonyl (C=O) groups excluding carboxylic acids is 1. The molecule has 1 aromatic carbocycles. The van der Waals surface area contributed by atoms with Crippen molar-refractivity contribution in [1.82, 2.24) is 15.2 Å². The monoisotopic (exact) mass is 363 g/mol. The Bertz CT molecular complexity index is 658. The van der Waals surface area contributed by atoms with Crippen LogP contribution in [0.25, 0.3) is 10.6 Å². The molecule has 0 unspecified atom stereocenters. The molecule has 0 saturated carbocycles. The van der Waals surface area contributed by atoms with E-state index in [-0.39, 0.29) is 5.91 Å². The number of rotatable bonds is 10. The molecule has 0 aliphatic rings. The highest BCUT2D eigenvalue weighted by atomic mass is 32.1. The minimum absolute atomic E-state index is 0.0178. The fourth-order valence-electron chi connectivity index (χ4n) is 2.32. The average Bonchev–Trinajstić information content (AvgIpc) is 3.07. The van der Waals surface area contributed by atoms with Crippen LogP contribution in [0.2, 0.25) is 0 Å². The molecule has 0 aliphatic heterocycles. The molecular weight excluding hydrogens is 338 g/mol. The Morgan fingerprint density at radius 1 is 1.28 bits per heavy atom. The number of methoxy groups -OCH3 is 2. The molecule has 7 heteroatoms. The average molecular weight is 363 g/mol. The van der Waals surface area contributed by atoms with Gasteiger partial charge in [0.2, 0.25) is 5.91 Å². The third kappa shape index (κ3) is 6.45. The van der Waals surface area contributed by atoms with Gasteiger partial charge in [-0.2, -0.15) is 0 Å². The molecule has 25 heavy (non-hydrogen) atoms. The maximum absolute atomic E-state index is 11.9. The van der Waals surface area contributed by atoms with E-state index < -0.39 is 0 Å². The van der Waals surface area contributed by atoms with E-state index in [2.05, 4.69) is 10.3 Å². The summed E-state index contributed by atoms with van der Waals surface area (Å²) in [6.07, 6.45) is 0.823. The fourth-order valence-corrected chi connectivity index (χ4v) is 3.14. The lowest BCUT2D eigenvalue weighted by Crippen LogP contribution is -2.35. The van der Waals surface area contributed by atoms with Gasteiger partial charge in [0.1, 0.15) is 10.8 Å². The number of nitrogens with zero attached hydrogens (tertiary/aromatic N) is 2. The van der Waals surface area contributed by atoms with E-state index in [1.54, 1.807) is 25.6 Å². The molecule has 6 nitrogen and oxygen atoms in total. The maximum atomic E-state index is 11.9. The summed E-state index contributed by atoms with van der Waals surface area (Å²) in [7, 11) is 5.23. The van der Waals surface area contributed by atoms with Crippen LogP contribution in [0.1, 0.15) is 12.1 Å². The van der Waals surface area contributed by atoms with Crippen molar-refractivity contribution in [3.63, 3.8) is 0 Å². The molecule has 0 bridgehead atoms. The van der Waals surface area contributed by atoms with E-state index in [1.807, 2.05) is 41.6 Å². The van der Waals surface area contributed by atoms with Crippen molar-refractivity contribution < 1.29 is 14.3 Å². The van der Waals surface area contributed by atoms with Crippen LogP contribution in [0.3, 0.4) is 0 Å². The predicted molar refractivity (Wildman–Crippen MR) is 99.9 cm³/mol. The Hall–Kier alpha value is -1.96. The number of ether oxygens (including phenoxy) is 2. The molecule has 0 radical (unpaired) electrons. The molecule has 2 aromatic rings. The molecule has 1 N–H and O–H groups in total. The SMILES string of the molecule is COCCCNC(=O)CN(C)Cc1csc(-c2ccc(OC)cc2)n1. The van der Waals surface area contributed by atoms with Crippen LogP contribution >= 0.6 is 11.3 Å². The number of hydrogen-bond acceptors (Lipinski definition) is 6. The fraction of sp³-hybridized carbons (Fsp3) is 0.444. The van der Waals surface area contributed by atoms with E-state index in [0.717, 1.165) is 28.4 Å². The lowest BCUT2D eigenvalue weighted by molar-refractivity contribution is -0.122. The lowest BCUT2D eigenvalue weighted by Gasteiger charge is -2.14. The highest BCUT2D eigenvalue weighted by Crippen LogP contribution is 2.26. The summed E-state index contributed by atoms with van der Waals surface area (Å²) >= 11 is 1.60. The smallest absolute Gasteiger partial charge is 0.234 e. The Kier molecular flexibility index (Phi) is 7.84. The van der Waals surface area contributed by atoms with E-state index in [4.69, 9.17) is 9.47 Å². The molecule has 0 atom stereocenters. The molecule has 1 aromatic heterocycles. The van der Waals surface area contributed by atoms with Gasteiger partial charge in [0.05, 0.1) is 19.3 Å². The summed E-state index contributed by atoms with van der Waals surface area (Å²) in [5.74, 6) is 0.848. The largest absolute Gasteiger partial charge is 0.497 e. The van der Waals surface area contributed by atoms with Gasteiger partial charge in [-0.05, 0) is 37.7 Å². The van der Waals surface area contributed by atoms with Crippen LogP contribution in [-0.4, -0.2) is 56.8 Å². The Morgan fingerprint density at radius 2 is 2.04 bits per heavy atom. The van der Waals surface area contributed by atoms with Gasteiger partial charge in [0.25, 0.3) is 0 Å². The van der Waals surface area contributed by atoms with Gasteiger partial charge in [0, 0.05) is 37.7 Å². The first-order valence-corrected chi connectivity index (χ1v) is 9.03. The van der Waals surface area contributed by atoms with E-state index in [1.165, 1.54) is 0 Å². The molecular formula is C18H25N3O3S. The first-order valence-electron chi connectivity index (χ1n) is 8.15. The minimum atomic E-state index is 0.0178. The summed E-state index contributed by atoms with van der Waals surface area (Å²) in [4.78, 5) is 18.5. The normalized spacial score (nSPS) is 10.9. The number of benzene rings is 1. The van der Waals surface area contributed by atoms with E-state index >= 15 is 0 Å². The van der Waals surface area contributed by atoms with Crippen molar-refractivity contribution >= 4 is 17.2 Å². The molecule has 0 aliphatic carbocycles. The van der Waals surface area contributed by atoms with E-state index in [9.17, 15) is 4.79 Å². The van der Waals surface area contributed by atoms with Gasteiger partial charge in [-0.15, -0.1) is 11.3 Å². The maximum Gasteiger partial charge on any atom is 0.234 e. The second kappa shape index (κ2) is 10.1. The van der Waals surface area contributed by atoms with Crippen molar-refractivity contribution in [1.29, 1.82) is 0 Å². The second-order valence-electron chi connectivity index (χ2n) is 5.74. The van der Waals surface area contributed by atoms with Gasteiger partial charge < -0.3 is 14.8 Å². The van der Waals surface area contributed by atoms with Crippen molar-refractivity contribution in [3.05, 3.63) is 35.3 Å². The van der Waals surface area contributed by atoms with Crippen molar-refractivity contribution in [2.24, 2.45) is 0 Å². The summed E-state index contributed by atoms with van der Waals surface area (Å²) in [6.45, 7) is 2.28. The molecule has 2 rings (SSSR count). The Balaban J connectivity index is 1.82. The lowest BCUT2D eigenvalue weighted by atomic mass is 10.2. The summed E-state index contributed by atoms with van der Waals surface area (Å²) < 4.78 is 10.1. The van der Waals surface area contributed by atoms with Crippen LogP contribution in [0, 0.1) is 0 Å². The number of carbonyl (C=O) groups is 1. The molecule has 136 valence electrons.